The summed E-state index contributed by atoms with van der Waals surface area (Å²) >= 11 is 0. The van der Waals surface area contributed by atoms with Gasteiger partial charge in [-0.15, -0.1) is 5.10 Å². The number of nitrogens with zero attached hydrogens (tertiary/aromatic N) is 4. The molecule has 0 aliphatic rings. The zero-order chi connectivity index (χ0) is 13.3. The molecule has 1 aromatic heterocycles. The molecule has 18 heavy (non-hydrogen) atoms. The van der Waals surface area contributed by atoms with Gasteiger partial charge in [0.25, 0.3) is 0 Å². The molecule has 0 radical (unpaired) electrons. The van der Waals surface area contributed by atoms with Gasteiger partial charge < -0.3 is 5.11 Å². The molecule has 1 heterocycles. The third kappa shape index (κ3) is 2.06. The first-order chi connectivity index (χ1) is 8.50. The lowest BCUT2D eigenvalue weighted by atomic mass is 10.1. The molecule has 2 rings (SSSR count). The number of carbonyl (C=O) groups is 1. The molecular formula is C11H11FN4O2. The van der Waals surface area contributed by atoms with E-state index in [4.69, 9.17) is 5.11 Å². The van der Waals surface area contributed by atoms with Crippen molar-refractivity contribution in [3.05, 3.63) is 29.6 Å². The lowest BCUT2D eigenvalue weighted by Crippen LogP contribution is -2.18. The van der Waals surface area contributed by atoms with Crippen LogP contribution in [0.25, 0.3) is 11.4 Å². The van der Waals surface area contributed by atoms with Crippen molar-refractivity contribution >= 4 is 5.97 Å². The van der Waals surface area contributed by atoms with Gasteiger partial charge in [0.15, 0.2) is 11.9 Å². The van der Waals surface area contributed by atoms with Gasteiger partial charge in [0.2, 0.25) is 0 Å². The number of hydrogen-bond acceptors (Lipinski definition) is 4. The van der Waals surface area contributed by atoms with Gasteiger partial charge in [0, 0.05) is 5.56 Å². The molecule has 2 aromatic rings. The number of tetrazole rings is 1. The van der Waals surface area contributed by atoms with Crippen LogP contribution in [-0.2, 0) is 4.79 Å². The highest BCUT2D eigenvalue weighted by atomic mass is 19.1. The molecule has 1 N–H and O–H groups in total. The van der Waals surface area contributed by atoms with E-state index in [1.54, 1.807) is 19.1 Å². The maximum absolute atomic E-state index is 13.5. The Balaban J connectivity index is 2.48. The summed E-state index contributed by atoms with van der Waals surface area (Å²) in [6.07, 6.45) is 0. The summed E-state index contributed by atoms with van der Waals surface area (Å²) in [5.41, 5.74) is 0.945. The van der Waals surface area contributed by atoms with E-state index in [1.165, 1.54) is 13.0 Å². The minimum absolute atomic E-state index is 0.226. The second-order valence-electron chi connectivity index (χ2n) is 3.93. The molecule has 0 amide bonds. The Labute approximate surface area is 102 Å². The fourth-order valence-corrected chi connectivity index (χ4v) is 1.48. The molecular weight excluding hydrogens is 239 g/mol. The van der Waals surface area contributed by atoms with E-state index in [0.29, 0.717) is 11.1 Å². The summed E-state index contributed by atoms with van der Waals surface area (Å²) in [6.45, 7) is 3.09. The van der Waals surface area contributed by atoms with Crippen molar-refractivity contribution in [3.8, 4) is 11.4 Å². The Hall–Kier alpha value is -2.31. The molecule has 1 atom stereocenters. The van der Waals surface area contributed by atoms with Gasteiger partial charge in [0.1, 0.15) is 5.82 Å². The summed E-state index contributed by atoms with van der Waals surface area (Å²) in [6, 6.07) is 3.61. The first-order valence-corrected chi connectivity index (χ1v) is 5.28. The quantitative estimate of drug-likeness (QED) is 0.891. The normalized spacial score (nSPS) is 12.4. The highest BCUT2D eigenvalue weighted by molar-refractivity contribution is 5.72. The number of aryl methyl sites for hydroxylation is 1. The smallest absolute Gasteiger partial charge is 0.328 e. The standard InChI is InChI=1S/C11H11FN4O2/c1-6-3-4-8(5-9(6)12)10-13-14-15-16(10)7(2)11(17)18/h3-5,7H,1-2H3,(H,17,18). The van der Waals surface area contributed by atoms with Crippen LogP contribution in [0.1, 0.15) is 18.5 Å². The lowest BCUT2D eigenvalue weighted by molar-refractivity contribution is -0.140. The molecule has 0 fully saturated rings. The number of aliphatic carboxylic acids is 1. The minimum atomic E-state index is -1.06. The topological polar surface area (TPSA) is 80.9 Å². The monoisotopic (exact) mass is 250 g/mol. The SMILES string of the molecule is Cc1ccc(-c2nnnn2C(C)C(=O)O)cc1F. The van der Waals surface area contributed by atoms with Crippen molar-refractivity contribution in [1.82, 2.24) is 20.2 Å². The molecule has 0 aliphatic heterocycles. The average Bonchev–Trinajstić information content (AvgIpc) is 2.80. The van der Waals surface area contributed by atoms with Crippen LogP contribution in [0.4, 0.5) is 4.39 Å². The van der Waals surface area contributed by atoms with Gasteiger partial charge in [-0.25, -0.2) is 13.9 Å². The van der Waals surface area contributed by atoms with Gasteiger partial charge in [0.05, 0.1) is 0 Å². The van der Waals surface area contributed by atoms with Crippen LogP contribution in [0.3, 0.4) is 0 Å². The van der Waals surface area contributed by atoms with E-state index >= 15 is 0 Å². The number of benzene rings is 1. The van der Waals surface area contributed by atoms with Gasteiger partial charge in [-0.2, -0.15) is 0 Å². The molecule has 1 aromatic carbocycles. The van der Waals surface area contributed by atoms with Crippen molar-refractivity contribution in [3.63, 3.8) is 0 Å². The zero-order valence-corrected chi connectivity index (χ0v) is 9.83. The molecule has 1 unspecified atom stereocenters. The highest BCUT2D eigenvalue weighted by Gasteiger charge is 2.20. The van der Waals surface area contributed by atoms with Gasteiger partial charge in [-0.3, -0.25) is 0 Å². The van der Waals surface area contributed by atoms with Crippen LogP contribution in [0, 0.1) is 12.7 Å². The van der Waals surface area contributed by atoms with E-state index in [-0.39, 0.29) is 11.6 Å². The summed E-state index contributed by atoms with van der Waals surface area (Å²) in [5, 5.41) is 19.7. The fourth-order valence-electron chi connectivity index (χ4n) is 1.48. The third-order valence-electron chi connectivity index (χ3n) is 2.65. The number of carboxylic acids is 1. The Morgan fingerprint density at radius 1 is 1.50 bits per heavy atom. The second-order valence-corrected chi connectivity index (χ2v) is 3.93. The maximum atomic E-state index is 13.5. The van der Waals surface area contributed by atoms with Crippen LogP contribution < -0.4 is 0 Å². The van der Waals surface area contributed by atoms with Gasteiger partial charge in [-0.05, 0) is 35.9 Å². The molecule has 6 nitrogen and oxygen atoms in total. The molecule has 0 saturated heterocycles. The van der Waals surface area contributed by atoms with Crippen molar-refractivity contribution < 1.29 is 14.3 Å². The third-order valence-corrected chi connectivity index (χ3v) is 2.65. The molecule has 0 spiro atoms. The van der Waals surface area contributed by atoms with E-state index in [9.17, 15) is 9.18 Å². The molecule has 0 aliphatic carbocycles. The predicted octanol–water partition coefficient (Wildman–Crippen LogP) is 1.43. The van der Waals surface area contributed by atoms with Crippen LogP contribution in [0.5, 0.6) is 0 Å². The first kappa shape index (κ1) is 12.2. The number of hydrogen-bond donors (Lipinski definition) is 1. The van der Waals surface area contributed by atoms with E-state index in [1.807, 2.05) is 0 Å². The Morgan fingerprint density at radius 2 is 2.22 bits per heavy atom. The van der Waals surface area contributed by atoms with Gasteiger partial charge >= 0.3 is 5.97 Å². The summed E-state index contributed by atoms with van der Waals surface area (Å²) in [7, 11) is 0. The Morgan fingerprint density at radius 3 is 2.83 bits per heavy atom. The zero-order valence-electron chi connectivity index (χ0n) is 9.83. The number of carboxylic acid groups (broad SMARTS) is 1. The number of rotatable bonds is 3. The number of aromatic nitrogens is 4. The minimum Gasteiger partial charge on any atom is -0.480 e. The van der Waals surface area contributed by atoms with Crippen molar-refractivity contribution in [1.29, 1.82) is 0 Å². The summed E-state index contributed by atoms with van der Waals surface area (Å²) in [4.78, 5) is 10.9. The molecule has 7 heteroatoms. The first-order valence-electron chi connectivity index (χ1n) is 5.28. The highest BCUT2D eigenvalue weighted by Crippen LogP contribution is 2.21. The molecule has 94 valence electrons. The fraction of sp³-hybridized carbons (Fsp3) is 0.273. The largest absolute Gasteiger partial charge is 0.480 e. The van der Waals surface area contributed by atoms with E-state index in [2.05, 4.69) is 15.5 Å². The Kier molecular flexibility index (Phi) is 3.05. The average molecular weight is 250 g/mol. The molecule has 0 bridgehead atoms. The number of halogens is 1. The van der Waals surface area contributed by atoms with Crippen molar-refractivity contribution in [2.24, 2.45) is 0 Å². The Bertz CT molecular complexity index is 596. The molecule has 0 saturated carbocycles. The lowest BCUT2D eigenvalue weighted by Gasteiger charge is -2.08. The van der Waals surface area contributed by atoms with Crippen molar-refractivity contribution in [2.45, 2.75) is 19.9 Å². The van der Waals surface area contributed by atoms with Crippen LogP contribution >= 0.6 is 0 Å². The van der Waals surface area contributed by atoms with Gasteiger partial charge in [-0.1, -0.05) is 12.1 Å². The van der Waals surface area contributed by atoms with Crippen LogP contribution in [0.15, 0.2) is 18.2 Å². The maximum Gasteiger partial charge on any atom is 0.328 e. The van der Waals surface area contributed by atoms with E-state index < -0.39 is 12.0 Å². The van der Waals surface area contributed by atoms with Crippen LogP contribution in [0.2, 0.25) is 0 Å². The van der Waals surface area contributed by atoms with Crippen LogP contribution in [-0.4, -0.2) is 31.3 Å². The summed E-state index contributed by atoms with van der Waals surface area (Å²) in [5.74, 6) is -1.22. The van der Waals surface area contributed by atoms with E-state index in [0.717, 1.165) is 4.68 Å². The second kappa shape index (κ2) is 4.52. The predicted molar refractivity (Wildman–Crippen MR) is 60.3 cm³/mol. The summed E-state index contributed by atoms with van der Waals surface area (Å²) < 4.78 is 14.6. The van der Waals surface area contributed by atoms with Crippen molar-refractivity contribution in [2.75, 3.05) is 0 Å².